The van der Waals surface area contributed by atoms with Crippen LogP contribution in [0.25, 0.3) is 0 Å². The molecule has 0 amide bonds. The van der Waals surface area contributed by atoms with Crippen LogP contribution in [-0.4, -0.2) is 11.9 Å². The Kier molecular flexibility index (Phi) is 19.3. The average Bonchev–Trinajstić information content (AvgIpc) is 3.10. The van der Waals surface area contributed by atoms with E-state index in [1.807, 2.05) is 0 Å². The molecule has 0 spiro atoms. The monoisotopic (exact) mass is 480 g/mol. The van der Waals surface area contributed by atoms with Crippen LogP contribution in [0.3, 0.4) is 0 Å². The van der Waals surface area contributed by atoms with Crippen molar-refractivity contribution in [1.82, 2.24) is 0 Å². The van der Waals surface area contributed by atoms with E-state index < -0.39 is 11.4 Å². The number of carbonyl (C=O) groups excluding carboxylic acids is 2. The van der Waals surface area contributed by atoms with Crippen LogP contribution < -0.4 is 0 Å². The van der Waals surface area contributed by atoms with E-state index in [0.29, 0.717) is 6.42 Å². The highest BCUT2D eigenvalue weighted by molar-refractivity contribution is 5.78. The Morgan fingerprint density at radius 2 is 1.00 bits per heavy atom. The third-order valence-electron chi connectivity index (χ3n) is 7.70. The van der Waals surface area contributed by atoms with Crippen molar-refractivity contribution < 1.29 is 19.4 Å². The van der Waals surface area contributed by atoms with E-state index in [9.17, 15) is 9.59 Å². The van der Waals surface area contributed by atoms with Gasteiger partial charge in [-0.3, -0.25) is 0 Å². The van der Waals surface area contributed by atoms with Crippen molar-refractivity contribution in [3.8, 4) is 0 Å². The van der Waals surface area contributed by atoms with Crippen molar-refractivity contribution in [2.45, 2.75) is 174 Å². The van der Waals surface area contributed by atoms with E-state index in [1.165, 1.54) is 103 Å². The summed E-state index contributed by atoms with van der Waals surface area (Å²) in [6.45, 7) is 4.49. The first-order valence-electron chi connectivity index (χ1n) is 15.1. The lowest BCUT2D eigenvalue weighted by Crippen LogP contribution is -2.33. The van der Waals surface area contributed by atoms with Gasteiger partial charge in [-0.2, -0.15) is 0 Å². The number of hydrogen-bond donors (Lipinski definition) is 0. The van der Waals surface area contributed by atoms with Crippen LogP contribution in [0.4, 0.5) is 0 Å². The summed E-state index contributed by atoms with van der Waals surface area (Å²) in [5.74, 6) is -0.690. The van der Waals surface area contributed by atoms with Gasteiger partial charge in [0, 0.05) is 0 Å². The van der Waals surface area contributed by atoms with Gasteiger partial charge in [-0.1, -0.05) is 142 Å². The fourth-order valence-electron chi connectivity index (χ4n) is 5.35. The third kappa shape index (κ3) is 15.0. The van der Waals surface area contributed by atoms with Crippen LogP contribution in [0.5, 0.6) is 0 Å². The van der Waals surface area contributed by atoms with Gasteiger partial charge in [0.2, 0.25) is 0 Å². The molecule has 0 N–H and O–H groups in total. The van der Waals surface area contributed by atoms with E-state index in [0.717, 1.165) is 51.4 Å². The summed E-state index contributed by atoms with van der Waals surface area (Å²) in [5.41, 5.74) is -0.448. The van der Waals surface area contributed by atoms with Crippen molar-refractivity contribution in [3.63, 3.8) is 0 Å². The molecule has 1 rings (SSSR count). The zero-order valence-electron chi connectivity index (χ0n) is 22.8. The predicted molar refractivity (Wildman–Crippen MR) is 141 cm³/mol. The summed E-state index contributed by atoms with van der Waals surface area (Å²) in [6, 6.07) is 0. The topological polar surface area (TPSA) is 52.6 Å². The molecule has 0 aliphatic heterocycles. The van der Waals surface area contributed by atoms with Crippen molar-refractivity contribution in [1.29, 1.82) is 0 Å². The molecule has 4 heteroatoms. The normalized spacial score (nSPS) is 15.6. The Bertz CT molecular complexity index is 494. The second-order valence-corrected chi connectivity index (χ2v) is 10.8. The standard InChI is InChI=1S/C30H56O4/c1-3-5-7-9-11-13-14-16-20-24-28(31)33-34-29(32)30(26-22-18-19-23-27-30)25-21-17-15-12-10-8-6-4-2/h3-27H2,1-2H3. The van der Waals surface area contributed by atoms with Crippen LogP contribution in [0.2, 0.25) is 0 Å². The van der Waals surface area contributed by atoms with Gasteiger partial charge in [0.15, 0.2) is 0 Å². The molecule has 0 aromatic rings. The van der Waals surface area contributed by atoms with E-state index in [1.54, 1.807) is 0 Å². The summed E-state index contributed by atoms with van der Waals surface area (Å²) in [6.07, 6.45) is 28.4. The molecule has 4 nitrogen and oxygen atoms in total. The lowest BCUT2D eigenvalue weighted by atomic mass is 9.76. The molecule has 0 bridgehead atoms. The van der Waals surface area contributed by atoms with E-state index >= 15 is 0 Å². The Labute approximate surface area is 211 Å². The van der Waals surface area contributed by atoms with Crippen LogP contribution >= 0.6 is 0 Å². The van der Waals surface area contributed by atoms with Crippen LogP contribution in [0, 0.1) is 5.41 Å². The van der Waals surface area contributed by atoms with Crippen LogP contribution in [0.15, 0.2) is 0 Å². The Morgan fingerprint density at radius 3 is 1.50 bits per heavy atom. The number of hydrogen-bond acceptors (Lipinski definition) is 4. The number of unbranched alkanes of at least 4 members (excludes halogenated alkanes) is 15. The fraction of sp³-hybridized carbons (Fsp3) is 0.933. The van der Waals surface area contributed by atoms with Gasteiger partial charge in [0.25, 0.3) is 0 Å². The van der Waals surface area contributed by atoms with Gasteiger partial charge in [-0.05, 0) is 25.7 Å². The number of rotatable bonds is 20. The summed E-state index contributed by atoms with van der Waals surface area (Å²) < 4.78 is 0. The zero-order chi connectivity index (χ0) is 24.7. The molecular formula is C30H56O4. The van der Waals surface area contributed by atoms with Gasteiger partial charge in [0.05, 0.1) is 11.8 Å². The molecule has 0 radical (unpaired) electrons. The van der Waals surface area contributed by atoms with Crippen molar-refractivity contribution in [3.05, 3.63) is 0 Å². The molecule has 0 heterocycles. The minimum absolute atomic E-state index is 0.294. The Morgan fingerprint density at radius 1 is 0.559 bits per heavy atom. The summed E-state index contributed by atoms with van der Waals surface area (Å²) in [5, 5.41) is 0. The molecule has 1 saturated carbocycles. The highest BCUT2D eigenvalue weighted by atomic mass is 17.2. The maximum Gasteiger partial charge on any atom is 0.361 e. The molecule has 0 atom stereocenters. The molecule has 0 aromatic heterocycles. The summed E-state index contributed by atoms with van der Waals surface area (Å²) in [4.78, 5) is 35.3. The molecule has 0 aromatic carbocycles. The molecule has 34 heavy (non-hydrogen) atoms. The third-order valence-corrected chi connectivity index (χ3v) is 7.70. The smallest absolute Gasteiger partial charge is 0.247 e. The summed E-state index contributed by atoms with van der Waals surface area (Å²) >= 11 is 0. The second kappa shape index (κ2) is 21.2. The number of carbonyl (C=O) groups is 2. The minimum Gasteiger partial charge on any atom is -0.247 e. The first-order chi connectivity index (χ1) is 16.6. The van der Waals surface area contributed by atoms with Gasteiger partial charge in [0.1, 0.15) is 0 Å². The van der Waals surface area contributed by atoms with Crippen molar-refractivity contribution in [2.75, 3.05) is 0 Å². The van der Waals surface area contributed by atoms with Crippen LogP contribution in [-0.2, 0) is 19.4 Å². The quantitative estimate of drug-likeness (QED) is 0.0753. The molecule has 1 fully saturated rings. The lowest BCUT2D eigenvalue weighted by molar-refractivity contribution is -0.267. The van der Waals surface area contributed by atoms with Gasteiger partial charge in [-0.15, -0.1) is 0 Å². The predicted octanol–water partition coefficient (Wildman–Crippen LogP) is 9.78. The molecule has 0 saturated heterocycles. The molecule has 1 aliphatic carbocycles. The average molecular weight is 481 g/mol. The SMILES string of the molecule is CCCCCCCCCCCC(=O)OOC(=O)C1(CCCCCCCCCC)CCCCCC1. The van der Waals surface area contributed by atoms with Gasteiger partial charge < -0.3 is 0 Å². The largest absolute Gasteiger partial charge is 0.361 e. The van der Waals surface area contributed by atoms with E-state index in [-0.39, 0.29) is 5.97 Å². The van der Waals surface area contributed by atoms with E-state index in [4.69, 9.17) is 9.78 Å². The fourth-order valence-corrected chi connectivity index (χ4v) is 5.35. The Balaban J connectivity index is 2.25. The molecular weight excluding hydrogens is 424 g/mol. The molecule has 1 aliphatic rings. The maximum absolute atomic E-state index is 13.0. The van der Waals surface area contributed by atoms with Crippen LogP contribution in [0.1, 0.15) is 174 Å². The maximum atomic E-state index is 13.0. The first-order valence-corrected chi connectivity index (χ1v) is 15.1. The second-order valence-electron chi connectivity index (χ2n) is 10.8. The summed E-state index contributed by atoms with van der Waals surface area (Å²) in [7, 11) is 0. The van der Waals surface area contributed by atoms with Crippen molar-refractivity contribution >= 4 is 11.9 Å². The minimum atomic E-state index is -0.448. The zero-order valence-corrected chi connectivity index (χ0v) is 22.8. The first kappa shape index (κ1) is 31.0. The molecule has 0 unspecified atom stereocenters. The van der Waals surface area contributed by atoms with Crippen molar-refractivity contribution in [2.24, 2.45) is 5.41 Å². The lowest BCUT2D eigenvalue weighted by Gasteiger charge is -2.29. The van der Waals surface area contributed by atoms with Gasteiger partial charge >= 0.3 is 11.9 Å². The molecule has 200 valence electrons. The van der Waals surface area contributed by atoms with E-state index in [2.05, 4.69) is 13.8 Å². The highest BCUT2D eigenvalue weighted by Crippen LogP contribution is 2.41. The Hall–Kier alpha value is -1.06. The highest BCUT2D eigenvalue weighted by Gasteiger charge is 2.41. The van der Waals surface area contributed by atoms with Gasteiger partial charge in [-0.25, -0.2) is 19.4 Å².